The van der Waals surface area contributed by atoms with Gasteiger partial charge >= 0.3 is 0 Å². The van der Waals surface area contributed by atoms with Crippen LogP contribution in [0.1, 0.15) is 239 Å². The third kappa shape index (κ3) is 35.2. The first kappa shape index (κ1) is 72.5. The minimum Gasteiger partial charge on any atom is -0.394 e. The normalized spacial score (nSPS) is 24.9. The van der Waals surface area contributed by atoms with Crippen LogP contribution in [0.2, 0.25) is 0 Å². The number of hydrogen-bond acceptors (Lipinski definition) is 13. The molecular formula is C65H115NO13. The molecule has 0 saturated carbocycles. The van der Waals surface area contributed by atoms with E-state index in [0.29, 0.717) is 12.8 Å². The maximum atomic E-state index is 13.3. The highest BCUT2D eigenvalue weighted by molar-refractivity contribution is 5.76. The van der Waals surface area contributed by atoms with Crippen LogP contribution in [0.5, 0.6) is 0 Å². The van der Waals surface area contributed by atoms with Gasteiger partial charge in [-0.05, 0) is 70.6 Å². The molecule has 2 aliphatic heterocycles. The number of rotatable bonds is 50. The van der Waals surface area contributed by atoms with E-state index in [1.165, 1.54) is 141 Å². The Balaban J connectivity index is 1.75. The first-order valence-electron chi connectivity index (χ1n) is 31.7. The molecule has 0 spiro atoms. The molecule has 0 aromatic carbocycles. The summed E-state index contributed by atoms with van der Waals surface area (Å²) in [6.07, 6.45) is 49.4. The predicted octanol–water partition coefficient (Wildman–Crippen LogP) is 11.5. The van der Waals surface area contributed by atoms with Crippen LogP contribution < -0.4 is 5.32 Å². The van der Waals surface area contributed by atoms with Crippen LogP contribution in [0, 0.1) is 0 Å². The van der Waals surface area contributed by atoms with Crippen molar-refractivity contribution in [2.75, 3.05) is 19.8 Å². The lowest BCUT2D eigenvalue weighted by molar-refractivity contribution is -0.359. The van der Waals surface area contributed by atoms with Crippen molar-refractivity contribution in [2.45, 2.75) is 312 Å². The van der Waals surface area contributed by atoms with Gasteiger partial charge in [0.25, 0.3) is 0 Å². The highest BCUT2D eigenvalue weighted by Crippen LogP contribution is 2.30. The molecule has 14 nitrogen and oxygen atoms in total. The first-order valence-corrected chi connectivity index (χ1v) is 31.7. The summed E-state index contributed by atoms with van der Waals surface area (Å²) in [5.74, 6) is -0.252. The molecule has 2 fully saturated rings. The Labute approximate surface area is 478 Å². The molecule has 0 aromatic rings. The van der Waals surface area contributed by atoms with E-state index in [2.05, 4.69) is 79.9 Å². The minimum atomic E-state index is -1.79. The van der Waals surface area contributed by atoms with Gasteiger partial charge in [-0.25, -0.2) is 0 Å². The SMILES string of the molecule is CC/C=C\C/C=C\C/C=C\C/C=C\CCCCCCCCCCCCCCC(=O)NC(COC1OC(CO)C(OC2OC(CO)C(O)C(O)C2O)C(O)C1O)C(O)/C=C/CC/C=C/CCCCCCCCCCCCCCCC. The second kappa shape index (κ2) is 50.0. The van der Waals surface area contributed by atoms with Crippen molar-refractivity contribution in [3.63, 3.8) is 0 Å². The van der Waals surface area contributed by atoms with E-state index < -0.39 is 86.8 Å². The van der Waals surface area contributed by atoms with Crippen LogP contribution in [0.4, 0.5) is 0 Å². The zero-order valence-electron chi connectivity index (χ0n) is 49.3. The van der Waals surface area contributed by atoms with Crippen molar-refractivity contribution in [2.24, 2.45) is 0 Å². The largest absolute Gasteiger partial charge is 0.394 e. The minimum absolute atomic E-state index is 0.252. The van der Waals surface area contributed by atoms with Crippen LogP contribution in [0.15, 0.2) is 72.9 Å². The molecular weight excluding hydrogens is 1000 g/mol. The molecule has 0 bridgehead atoms. The monoisotopic (exact) mass is 1120 g/mol. The average Bonchev–Trinajstić information content (AvgIpc) is 3.47. The van der Waals surface area contributed by atoms with Gasteiger partial charge < -0.3 is 65.1 Å². The van der Waals surface area contributed by atoms with Crippen molar-refractivity contribution in [1.29, 1.82) is 0 Å². The van der Waals surface area contributed by atoms with Gasteiger partial charge in [0.05, 0.1) is 32.0 Å². The van der Waals surface area contributed by atoms with Gasteiger partial charge in [0.2, 0.25) is 5.91 Å². The average molecular weight is 1120 g/mol. The lowest BCUT2D eigenvalue weighted by Gasteiger charge is -2.46. The Morgan fingerprint density at radius 3 is 1.39 bits per heavy atom. The zero-order valence-corrected chi connectivity index (χ0v) is 49.3. The second-order valence-electron chi connectivity index (χ2n) is 22.1. The number of carbonyl (C=O) groups excluding carboxylic acids is 1. The standard InChI is InChI=1S/C65H115NO13/c1-3-5-7-9-11-13-15-17-19-21-23-25-26-27-28-29-31-33-35-37-39-41-43-45-47-49-57(70)66-53(54(69)48-46-44-42-40-38-36-34-32-30-24-22-20-18-16-14-12-10-8-6-4-2)52-76-64-62(75)60(73)63(56(51-68)78-64)79-65-61(74)59(72)58(71)55(50-67)77-65/h5,7,11,13,17,19,23,25,38,40,46,48,53-56,58-65,67-69,71-75H,3-4,6,8-10,12,14-16,18,20-22,24,26-37,39,41-45,47,49-52H2,1-2H3,(H,66,70)/b7-5-,13-11-,19-17-,25-23-,40-38+,48-46+. The van der Waals surface area contributed by atoms with Crippen LogP contribution in [-0.2, 0) is 23.7 Å². The van der Waals surface area contributed by atoms with Crippen LogP contribution in [0.25, 0.3) is 0 Å². The van der Waals surface area contributed by atoms with Crippen molar-refractivity contribution in [3.05, 3.63) is 72.9 Å². The van der Waals surface area contributed by atoms with Gasteiger partial charge in [-0.2, -0.15) is 0 Å². The summed E-state index contributed by atoms with van der Waals surface area (Å²) in [5, 5.41) is 87.2. The number of allylic oxidation sites excluding steroid dienone is 11. The van der Waals surface area contributed by atoms with Gasteiger partial charge in [0.1, 0.15) is 48.8 Å². The highest BCUT2D eigenvalue weighted by atomic mass is 16.7. The number of hydrogen-bond donors (Lipinski definition) is 9. The van der Waals surface area contributed by atoms with E-state index in [4.69, 9.17) is 18.9 Å². The summed E-state index contributed by atoms with van der Waals surface area (Å²) in [6.45, 7) is 2.68. The third-order valence-corrected chi connectivity index (χ3v) is 15.1. The number of amides is 1. The summed E-state index contributed by atoms with van der Waals surface area (Å²) >= 11 is 0. The fraction of sp³-hybridized carbons (Fsp3) is 0.800. The molecule has 2 aliphatic rings. The summed E-state index contributed by atoms with van der Waals surface area (Å²) in [4.78, 5) is 13.3. The number of carbonyl (C=O) groups is 1. The third-order valence-electron chi connectivity index (χ3n) is 15.1. The Kier molecular flexibility index (Phi) is 45.9. The summed E-state index contributed by atoms with van der Waals surface area (Å²) in [7, 11) is 0. The van der Waals surface area contributed by atoms with Crippen molar-refractivity contribution in [1.82, 2.24) is 5.32 Å². The molecule has 0 radical (unpaired) electrons. The summed E-state index contributed by atoms with van der Waals surface area (Å²) in [6, 6.07) is -0.936. The molecule has 0 aromatic heterocycles. The highest BCUT2D eigenvalue weighted by Gasteiger charge is 2.51. The number of aliphatic hydroxyl groups excluding tert-OH is 8. The number of unbranched alkanes of at least 4 members (excludes halogenated alkanes) is 27. The van der Waals surface area contributed by atoms with Crippen LogP contribution >= 0.6 is 0 Å². The fourth-order valence-electron chi connectivity index (χ4n) is 10.1. The Morgan fingerprint density at radius 2 is 0.886 bits per heavy atom. The molecule has 2 saturated heterocycles. The van der Waals surface area contributed by atoms with E-state index in [1.807, 2.05) is 6.08 Å². The summed E-state index contributed by atoms with van der Waals surface area (Å²) in [5.41, 5.74) is 0. The Bertz CT molecular complexity index is 1600. The smallest absolute Gasteiger partial charge is 0.220 e. The Hall–Kier alpha value is -2.57. The molecule has 9 N–H and O–H groups in total. The quantitative estimate of drug-likeness (QED) is 0.0204. The number of nitrogens with one attached hydrogen (secondary N) is 1. The van der Waals surface area contributed by atoms with E-state index in [1.54, 1.807) is 6.08 Å². The molecule has 12 unspecified atom stereocenters. The first-order chi connectivity index (χ1) is 38.6. The van der Waals surface area contributed by atoms with Gasteiger partial charge in [0.15, 0.2) is 12.6 Å². The summed E-state index contributed by atoms with van der Waals surface area (Å²) < 4.78 is 22.8. The van der Waals surface area contributed by atoms with Gasteiger partial charge in [-0.15, -0.1) is 0 Å². The maximum absolute atomic E-state index is 13.3. The predicted molar refractivity (Wildman–Crippen MR) is 318 cm³/mol. The van der Waals surface area contributed by atoms with Gasteiger partial charge in [-0.1, -0.05) is 234 Å². The molecule has 2 heterocycles. The topological polar surface area (TPSA) is 228 Å². The second-order valence-corrected chi connectivity index (χ2v) is 22.1. The van der Waals surface area contributed by atoms with E-state index in [9.17, 15) is 45.6 Å². The number of aliphatic hydroxyl groups is 8. The van der Waals surface area contributed by atoms with Crippen molar-refractivity contribution >= 4 is 5.91 Å². The van der Waals surface area contributed by atoms with Gasteiger partial charge in [-0.3, -0.25) is 4.79 Å². The fourth-order valence-corrected chi connectivity index (χ4v) is 10.1. The lowest BCUT2D eigenvalue weighted by Crippen LogP contribution is -2.65. The van der Waals surface area contributed by atoms with Crippen LogP contribution in [-0.4, -0.2) is 140 Å². The van der Waals surface area contributed by atoms with Crippen molar-refractivity contribution in [3.8, 4) is 0 Å². The van der Waals surface area contributed by atoms with Crippen molar-refractivity contribution < 1.29 is 64.6 Å². The molecule has 14 heteroatoms. The molecule has 79 heavy (non-hydrogen) atoms. The Morgan fingerprint density at radius 1 is 0.468 bits per heavy atom. The van der Waals surface area contributed by atoms with E-state index in [0.717, 1.165) is 64.2 Å². The molecule has 12 atom stereocenters. The molecule has 458 valence electrons. The van der Waals surface area contributed by atoms with E-state index in [-0.39, 0.29) is 18.9 Å². The molecule has 2 rings (SSSR count). The van der Waals surface area contributed by atoms with Gasteiger partial charge in [0, 0.05) is 6.42 Å². The van der Waals surface area contributed by atoms with E-state index >= 15 is 0 Å². The zero-order chi connectivity index (χ0) is 57.4. The number of ether oxygens (including phenoxy) is 4. The lowest BCUT2D eigenvalue weighted by atomic mass is 9.97. The van der Waals surface area contributed by atoms with Crippen LogP contribution in [0.3, 0.4) is 0 Å². The maximum Gasteiger partial charge on any atom is 0.220 e. The molecule has 0 aliphatic carbocycles. The molecule has 1 amide bonds.